The van der Waals surface area contributed by atoms with Crippen LogP contribution in [0.5, 0.6) is 0 Å². The lowest BCUT2D eigenvalue weighted by molar-refractivity contribution is -0.155. The highest BCUT2D eigenvalue weighted by atomic mass is 16.7. The molecule has 2 N–H and O–H groups in total. The van der Waals surface area contributed by atoms with E-state index in [9.17, 15) is 0 Å². The Morgan fingerprint density at radius 3 is 2.95 bits per heavy atom. The first kappa shape index (κ1) is 11.8. The SMILES string of the molecule is c1cc2cc(C3=NC4(CN5CCC4CC5)ON3)ccc2[nH]1. The summed E-state index contributed by atoms with van der Waals surface area (Å²) < 4.78 is 0. The number of aromatic nitrogens is 1. The van der Waals surface area contributed by atoms with E-state index in [1.54, 1.807) is 0 Å². The van der Waals surface area contributed by atoms with Crippen molar-refractivity contribution in [2.45, 2.75) is 18.6 Å². The van der Waals surface area contributed by atoms with Crippen molar-refractivity contribution in [1.29, 1.82) is 0 Å². The van der Waals surface area contributed by atoms with Crippen LogP contribution in [0.15, 0.2) is 35.5 Å². The smallest absolute Gasteiger partial charge is 0.202 e. The van der Waals surface area contributed by atoms with Gasteiger partial charge in [0.2, 0.25) is 5.72 Å². The number of rotatable bonds is 1. The van der Waals surface area contributed by atoms with Gasteiger partial charge in [0.25, 0.3) is 0 Å². The number of nitrogens with one attached hydrogen (secondary N) is 2. The molecule has 108 valence electrons. The van der Waals surface area contributed by atoms with Gasteiger partial charge in [-0.25, -0.2) is 15.3 Å². The van der Waals surface area contributed by atoms with E-state index in [0.717, 1.165) is 23.5 Å². The molecule has 1 unspecified atom stereocenters. The van der Waals surface area contributed by atoms with E-state index in [1.807, 2.05) is 6.20 Å². The largest absolute Gasteiger partial charge is 0.361 e. The molecule has 6 rings (SSSR count). The average molecular weight is 282 g/mol. The van der Waals surface area contributed by atoms with Crippen molar-refractivity contribution in [1.82, 2.24) is 15.4 Å². The Balaban J connectivity index is 1.53. The highest BCUT2D eigenvalue weighted by Gasteiger charge is 2.51. The fourth-order valence-corrected chi connectivity index (χ4v) is 3.93. The van der Waals surface area contributed by atoms with Crippen LogP contribution in [0, 0.1) is 5.92 Å². The Morgan fingerprint density at radius 1 is 1.24 bits per heavy atom. The Labute approximate surface area is 122 Å². The molecule has 3 fully saturated rings. The van der Waals surface area contributed by atoms with E-state index in [2.05, 4.69) is 39.6 Å². The first-order valence-corrected chi connectivity index (χ1v) is 7.66. The standard InChI is InChI=1S/C16H18N4O/c1-2-14-11(3-6-17-14)9-12(1)15-18-16(21-19-15)10-20-7-4-13(16)5-8-20/h1-3,6,9,13,17H,4-5,7-8,10H2,(H,18,19). The lowest BCUT2D eigenvalue weighted by Gasteiger charge is -2.47. The number of hydroxylamine groups is 1. The van der Waals surface area contributed by atoms with E-state index >= 15 is 0 Å². The first-order chi connectivity index (χ1) is 10.3. The number of aromatic amines is 1. The zero-order valence-electron chi connectivity index (χ0n) is 11.8. The second kappa shape index (κ2) is 4.08. The summed E-state index contributed by atoms with van der Waals surface area (Å²) in [7, 11) is 0. The summed E-state index contributed by atoms with van der Waals surface area (Å²) in [6.07, 6.45) is 4.34. The van der Waals surface area contributed by atoms with Crippen molar-refractivity contribution in [3.8, 4) is 0 Å². The van der Waals surface area contributed by atoms with Gasteiger partial charge in [0.15, 0.2) is 5.84 Å². The van der Waals surface area contributed by atoms with Gasteiger partial charge < -0.3 is 4.98 Å². The minimum absolute atomic E-state index is 0.362. The Kier molecular flexibility index (Phi) is 2.29. The highest BCUT2D eigenvalue weighted by Crippen LogP contribution is 2.40. The highest BCUT2D eigenvalue weighted by molar-refractivity contribution is 6.02. The molecule has 2 aromatic rings. The Hall–Kier alpha value is -1.85. The van der Waals surface area contributed by atoms with Crippen molar-refractivity contribution < 1.29 is 4.84 Å². The molecule has 2 bridgehead atoms. The van der Waals surface area contributed by atoms with Crippen LogP contribution < -0.4 is 5.48 Å². The number of hydrogen-bond acceptors (Lipinski definition) is 4. The quantitative estimate of drug-likeness (QED) is 0.839. The summed E-state index contributed by atoms with van der Waals surface area (Å²) >= 11 is 0. The van der Waals surface area contributed by atoms with E-state index < -0.39 is 0 Å². The molecule has 0 radical (unpaired) electrons. The molecular weight excluding hydrogens is 264 g/mol. The van der Waals surface area contributed by atoms with Crippen molar-refractivity contribution in [3.05, 3.63) is 36.0 Å². The van der Waals surface area contributed by atoms with Gasteiger partial charge in [-0.2, -0.15) is 0 Å². The first-order valence-electron chi connectivity index (χ1n) is 7.66. The molecule has 3 saturated heterocycles. The predicted octanol–water partition coefficient (Wildman–Crippen LogP) is 1.87. The number of benzene rings is 1. The normalized spacial score (nSPS) is 34.4. The van der Waals surface area contributed by atoms with Gasteiger partial charge in [-0.1, -0.05) is 0 Å². The molecule has 21 heavy (non-hydrogen) atoms. The van der Waals surface area contributed by atoms with Crippen LogP contribution in [-0.4, -0.2) is 41.1 Å². The monoisotopic (exact) mass is 282 g/mol. The summed E-state index contributed by atoms with van der Waals surface area (Å²) in [5, 5.41) is 1.20. The molecule has 0 amide bonds. The molecule has 1 atom stereocenters. The fraction of sp³-hybridized carbons (Fsp3) is 0.438. The predicted molar refractivity (Wildman–Crippen MR) is 81.0 cm³/mol. The van der Waals surface area contributed by atoms with Crippen molar-refractivity contribution >= 4 is 16.7 Å². The summed E-state index contributed by atoms with van der Waals surface area (Å²) in [6.45, 7) is 3.30. The second-order valence-corrected chi connectivity index (χ2v) is 6.34. The van der Waals surface area contributed by atoms with Crippen LogP contribution in [0.3, 0.4) is 0 Å². The number of amidine groups is 1. The van der Waals surface area contributed by atoms with E-state index in [1.165, 1.54) is 31.3 Å². The third-order valence-electron chi connectivity index (χ3n) is 5.13. The molecule has 4 aliphatic rings. The van der Waals surface area contributed by atoms with Crippen LogP contribution in [0.2, 0.25) is 0 Å². The van der Waals surface area contributed by atoms with Gasteiger partial charge in [-0.15, -0.1) is 0 Å². The van der Waals surface area contributed by atoms with Gasteiger partial charge >= 0.3 is 0 Å². The van der Waals surface area contributed by atoms with Crippen LogP contribution in [-0.2, 0) is 4.84 Å². The van der Waals surface area contributed by atoms with Crippen LogP contribution >= 0.6 is 0 Å². The zero-order valence-corrected chi connectivity index (χ0v) is 11.8. The topological polar surface area (TPSA) is 52.6 Å². The van der Waals surface area contributed by atoms with Crippen molar-refractivity contribution in [2.75, 3.05) is 19.6 Å². The maximum atomic E-state index is 5.97. The van der Waals surface area contributed by atoms with Gasteiger partial charge in [-0.05, 0) is 50.2 Å². The summed E-state index contributed by atoms with van der Waals surface area (Å²) in [6, 6.07) is 8.42. The summed E-state index contributed by atoms with van der Waals surface area (Å²) in [4.78, 5) is 16.6. The molecule has 5 heterocycles. The third kappa shape index (κ3) is 1.68. The number of H-pyrrole nitrogens is 1. The van der Waals surface area contributed by atoms with Crippen LogP contribution in [0.1, 0.15) is 18.4 Å². The van der Waals surface area contributed by atoms with E-state index in [0.29, 0.717) is 5.92 Å². The van der Waals surface area contributed by atoms with E-state index in [4.69, 9.17) is 9.83 Å². The number of fused-ring (bicyclic) bond motifs is 3. The zero-order chi connectivity index (χ0) is 13.9. The maximum Gasteiger partial charge on any atom is 0.202 e. The maximum absolute atomic E-state index is 5.97. The van der Waals surface area contributed by atoms with Crippen molar-refractivity contribution in [2.24, 2.45) is 10.9 Å². The van der Waals surface area contributed by atoms with Crippen LogP contribution in [0.4, 0.5) is 0 Å². The minimum atomic E-state index is -0.362. The molecule has 1 aromatic heterocycles. The van der Waals surface area contributed by atoms with E-state index in [-0.39, 0.29) is 5.72 Å². The lowest BCUT2D eigenvalue weighted by atomic mass is 9.81. The molecule has 1 spiro atoms. The average Bonchev–Trinajstić information content (AvgIpc) is 3.15. The molecule has 4 aliphatic heterocycles. The molecule has 5 nitrogen and oxygen atoms in total. The second-order valence-electron chi connectivity index (χ2n) is 6.34. The molecule has 1 aromatic carbocycles. The number of nitrogens with zero attached hydrogens (tertiary/aromatic N) is 2. The third-order valence-corrected chi connectivity index (χ3v) is 5.13. The number of aliphatic imine (C=N–C) groups is 1. The van der Waals surface area contributed by atoms with Gasteiger partial charge in [0.05, 0.1) is 6.54 Å². The number of hydrogen-bond donors (Lipinski definition) is 2. The molecule has 0 aliphatic carbocycles. The summed E-state index contributed by atoms with van der Waals surface area (Å²) in [5.41, 5.74) is 4.97. The Bertz CT molecular complexity index is 729. The number of piperidine rings is 3. The minimum Gasteiger partial charge on any atom is -0.361 e. The fourth-order valence-electron chi connectivity index (χ4n) is 3.93. The Morgan fingerprint density at radius 2 is 2.14 bits per heavy atom. The van der Waals surface area contributed by atoms with Crippen molar-refractivity contribution in [3.63, 3.8) is 0 Å². The van der Waals surface area contributed by atoms with Gasteiger partial charge in [-0.3, -0.25) is 4.90 Å². The molecule has 0 saturated carbocycles. The van der Waals surface area contributed by atoms with Crippen LogP contribution in [0.25, 0.3) is 10.9 Å². The lowest BCUT2D eigenvalue weighted by Crippen LogP contribution is -2.58. The van der Waals surface area contributed by atoms with Gasteiger partial charge in [0.1, 0.15) is 0 Å². The summed E-state index contributed by atoms with van der Waals surface area (Å²) in [5.74, 6) is 1.41. The molecule has 5 heteroatoms. The molecular formula is C16H18N4O. The van der Waals surface area contributed by atoms with Gasteiger partial charge in [0, 0.05) is 28.6 Å².